The number of carbonyl (C=O) groups is 1. The summed E-state index contributed by atoms with van der Waals surface area (Å²) >= 11 is 0. The highest BCUT2D eigenvalue weighted by Gasteiger charge is 2.13. The summed E-state index contributed by atoms with van der Waals surface area (Å²) in [4.78, 5) is 16.7. The van der Waals surface area contributed by atoms with E-state index in [2.05, 4.69) is 15.6 Å². The quantitative estimate of drug-likeness (QED) is 0.688. The largest absolute Gasteiger partial charge is 0.454 e. The zero-order valence-electron chi connectivity index (χ0n) is 15.6. The fourth-order valence-corrected chi connectivity index (χ4v) is 2.90. The van der Waals surface area contributed by atoms with Crippen LogP contribution < -0.4 is 20.1 Å². The van der Waals surface area contributed by atoms with Crippen molar-refractivity contribution in [3.8, 4) is 11.5 Å². The summed E-state index contributed by atoms with van der Waals surface area (Å²) < 4.78 is 10.7. The number of aryl methyl sites for hydroxylation is 1. The van der Waals surface area contributed by atoms with E-state index in [-0.39, 0.29) is 12.7 Å². The third-order valence-electron chi connectivity index (χ3n) is 4.51. The highest BCUT2D eigenvalue weighted by molar-refractivity contribution is 5.94. The maximum Gasteiger partial charge on any atom is 0.251 e. The summed E-state index contributed by atoms with van der Waals surface area (Å²) in [6.07, 6.45) is 1.63. The number of rotatable bonds is 6. The van der Waals surface area contributed by atoms with E-state index in [1.54, 1.807) is 18.3 Å². The second kappa shape index (κ2) is 8.00. The van der Waals surface area contributed by atoms with Crippen LogP contribution in [-0.4, -0.2) is 17.7 Å². The van der Waals surface area contributed by atoms with E-state index in [0.717, 1.165) is 22.6 Å². The highest BCUT2D eigenvalue weighted by Crippen LogP contribution is 2.32. The lowest BCUT2D eigenvalue weighted by Crippen LogP contribution is -2.23. The Morgan fingerprint density at radius 3 is 2.61 bits per heavy atom. The lowest BCUT2D eigenvalue weighted by atomic mass is 10.1. The standard InChI is InChI=1S/C22H21N3O3/c1-15-2-4-16(5-3-15)12-25-22(26)18-8-9-23-21(11-18)24-13-17-6-7-19-20(10-17)28-14-27-19/h2-11H,12-14H2,1H3,(H,23,24)(H,25,26). The first-order valence-electron chi connectivity index (χ1n) is 9.09. The molecule has 0 fully saturated rings. The van der Waals surface area contributed by atoms with Gasteiger partial charge in [-0.3, -0.25) is 4.79 Å². The van der Waals surface area contributed by atoms with Gasteiger partial charge in [0.1, 0.15) is 5.82 Å². The number of hydrogen-bond donors (Lipinski definition) is 2. The van der Waals surface area contributed by atoms with Crippen molar-refractivity contribution in [3.63, 3.8) is 0 Å². The monoisotopic (exact) mass is 375 g/mol. The molecule has 2 aromatic carbocycles. The first-order chi connectivity index (χ1) is 13.7. The number of hydrogen-bond acceptors (Lipinski definition) is 5. The second-order valence-electron chi connectivity index (χ2n) is 6.64. The molecule has 1 aliphatic heterocycles. The minimum absolute atomic E-state index is 0.130. The smallest absolute Gasteiger partial charge is 0.251 e. The summed E-state index contributed by atoms with van der Waals surface area (Å²) in [7, 11) is 0. The lowest BCUT2D eigenvalue weighted by molar-refractivity contribution is 0.0951. The summed E-state index contributed by atoms with van der Waals surface area (Å²) in [5.41, 5.74) is 3.87. The molecule has 0 bridgehead atoms. The molecule has 2 heterocycles. The summed E-state index contributed by atoms with van der Waals surface area (Å²) in [6.45, 7) is 3.35. The molecule has 0 spiro atoms. The number of benzene rings is 2. The molecule has 28 heavy (non-hydrogen) atoms. The van der Waals surface area contributed by atoms with E-state index in [1.165, 1.54) is 5.56 Å². The van der Waals surface area contributed by atoms with Crippen LogP contribution in [0.1, 0.15) is 27.0 Å². The van der Waals surface area contributed by atoms with E-state index in [0.29, 0.717) is 24.5 Å². The van der Waals surface area contributed by atoms with Crippen LogP contribution in [0.4, 0.5) is 5.82 Å². The van der Waals surface area contributed by atoms with Crippen LogP contribution in [-0.2, 0) is 13.1 Å². The molecule has 0 aliphatic carbocycles. The molecule has 1 amide bonds. The van der Waals surface area contributed by atoms with Crippen molar-refractivity contribution < 1.29 is 14.3 Å². The Balaban J connectivity index is 1.35. The van der Waals surface area contributed by atoms with Gasteiger partial charge in [0.2, 0.25) is 6.79 Å². The molecular weight excluding hydrogens is 354 g/mol. The van der Waals surface area contributed by atoms with Gasteiger partial charge in [0.15, 0.2) is 11.5 Å². The fraction of sp³-hybridized carbons (Fsp3) is 0.182. The van der Waals surface area contributed by atoms with Gasteiger partial charge in [0, 0.05) is 24.8 Å². The Morgan fingerprint density at radius 2 is 1.75 bits per heavy atom. The number of aromatic nitrogens is 1. The topological polar surface area (TPSA) is 72.5 Å². The van der Waals surface area contributed by atoms with Crippen LogP contribution in [0, 0.1) is 6.92 Å². The predicted molar refractivity (Wildman–Crippen MR) is 106 cm³/mol. The normalized spacial score (nSPS) is 11.9. The fourth-order valence-electron chi connectivity index (χ4n) is 2.90. The molecule has 0 radical (unpaired) electrons. The van der Waals surface area contributed by atoms with E-state index < -0.39 is 0 Å². The van der Waals surface area contributed by atoms with Gasteiger partial charge >= 0.3 is 0 Å². The van der Waals surface area contributed by atoms with Crippen LogP contribution in [0.5, 0.6) is 11.5 Å². The molecule has 0 saturated heterocycles. The van der Waals surface area contributed by atoms with Crippen molar-refractivity contribution >= 4 is 11.7 Å². The summed E-state index contributed by atoms with van der Waals surface area (Å²) in [5, 5.41) is 6.18. The molecule has 4 rings (SSSR count). The average Bonchev–Trinajstić information content (AvgIpc) is 3.20. The molecule has 2 N–H and O–H groups in total. The molecular formula is C22H21N3O3. The van der Waals surface area contributed by atoms with Gasteiger partial charge in [-0.15, -0.1) is 0 Å². The Kier molecular flexibility index (Phi) is 5.10. The number of fused-ring (bicyclic) bond motifs is 1. The Labute approximate surface area is 163 Å². The van der Waals surface area contributed by atoms with Gasteiger partial charge in [-0.1, -0.05) is 35.9 Å². The first-order valence-corrected chi connectivity index (χ1v) is 9.09. The number of amides is 1. The highest BCUT2D eigenvalue weighted by atomic mass is 16.7. The molecule has 0 atom stereocenters. The van der Waals surface area contributed by atoms with Crippen LogP contribution in [0.15, 0.2) is 60.8 Å². The Hall–Kier alpha value is -3.54. The van der Waals surface area contributed by atoms with Crippen molar-refractivity contribution in [1.29, 1.82) is 0 Å². The molecule has 142 valence electrons. The third kappa shape index (κ3) is 4.23. The molecule has 0 saturated carbocycles. The van der Waals surface area contributed by atoms with E-state index in [1.807, 2.05) is 49.4 Å². The molecule has 6 heteroatoms. The predicted octanol–water partition coefficient (Wildman–Crippen LogP) is 3.66. The van der Waals surface area contributed by atoms with Gasteiger partial charge in [0.25, 0.3) is 5.91 Å². The van der Waals surface area contributed by atoms with Gasteiger partial charge in [-0.2, -0.15) is 0 Å². The maximum absolute atomic E-state index is 12.4. The number of nitrogens with one attached hydrogen (secondary N) is 2. The van der Waals surface area contributed by atoms with Crippen molar-refractivity contribution in [2.24, 2.45) is 0 Å². The Morgan fingerprint density at radius 1 is 0.964 bits per heavy atom. The van der Waals surface area contributed by atoms with Crippen LogP contribution >= 0.6 is 0 Å². The third-order valence-corrected chi connectivity index (χ3v) is 4.51. The van der Waals surface area contributed by atoms with Crippen LogP contribution in [0.3, 0.4) is 0 Å². The summed E-state index contributed by atoms with van der Waals surface area (Å²) in [5.74, 6) is 2.01. The van der Waals surface area contributed by atoms with E-state index in [9.17, 15) is 4.79 Å². The Bertz CT molecular complexity index is 987. The minimum Gasteiger partial charge on any atom is -0.454 e. The number of anilines is 1. The van der Waals surface area contributed by atoms with E-state index >= 15 is 0 Å². The van der Waals surface area contributed by atoms with Crippen molar-refractivity contribution in [1.82, 2.24) is 10.3 Å². The molecule has 3 aromatic rings. The molecule has 6 nitrogen and oxygen atoms in total. The second-order valence-corrected chi connectivity index (χ2v) is 6.64. The lowest BCUT2D eigenvalue weighted by Gasteiger charge is -2.09. The van der Waals surface area contributed by atoms with Gasteiger partial charge in [-0.25, -0.2) is 4.98 Å². The molecule has 1 aliphatic rings. The number of nitrogens with zero attached hydrogens (tertiary/aromatic N) is 1. The van der Waals surface area contributed by atoms with Crippen molar-refractivity contribution in [2.75, 3.05) is 12.1 Å². The van der Waals surface area contributed by atoms with E-state index in [4.69, 9.17) is 9.47 Å². The van der Waals surface area contributed by atoms with Gasteiger partial charge in [0.05, 0.1) is 0 Å². The van der Waals surface area contributed by atoms with Gasteiger partial charge in [-0.05, 0) is 42.3 Å². The SMILES string of the molecule is Cc1ccc(CNC(=O)c2ccnc(NCc3ccc4c(c3)OCO4)c2)cc1. The number of pyridine rings is 1. The first kappa shape index (κ1) is 17.9. The number of ether oxygens (including phenoxy) is 2. The number of carbonyl (C=O) groups excluding carboxylic acids is 1. The van der Waals surface area contributed by atoms with Crippen molar-refractivity contribution in [2.45, 2.75) is 20.0 Å². The average molecular weight is 375 g/mol. The van der Waals surface area contributed by atoms with Gasteiger partial charge < -0.3 is 20.1 Å². The maximum atomic E-state index is 12.4. The zero-order valence-corrected chi connectivity index (χ0v) is 15.6. The van der Waals surface area contributed by atoms with Crippen LogP contribution in [0.25, 0.3) is 0 Å². The van der Waals surface area contributed by atoms with Crippen LogP contribution in [0.2, 0.25) is 0 Å². The summed E-state index contributed by atoms with van der Waals surface area (Å²) in [6, 6.07) is 17.3. The van der Waals surface area contributed by atoms with Crippen molar-refractivity contribution in [3.05, 3.63) is 83.0 Å². The molecule has 1 aromatic heterocycles. The minimum atomic E-state index is -0.130. The molecule has 0 unspecified atom stereocenters. The zero-order chi connectivity index (χ0) is 19.3.